The lowest BCUT2D eigenvalue weighted by Gasteiger charge is -2.18. The lowest BCUT2D eigenvalue weighted by atomic mass is 10.5. The Morgan fingerprint density at radius 2 is 1.82 bits per heavy atom. The Morgan fingerprint density at radius 1 is 1.18 bits per heavy atom. The highest BCUT2D eigenvalue weighted by Crippen LogP contribution is 2.12. The molecule has 1 aromatic rings. The molecule has 0 aliphatic heterocycles. The SMILES string of the molecule is COCCN(CCOC)c1nnc(CCCl)o1. The summed E-state index contributed by atoms with van der Waals surface area (Å²) < 4.78 is 15.6. The largest absolute Gasteiger partial charge is 0.408 e. The van der Waals surface area contributed by atoms with Crippen molar-refractivity contribution in [1.82, 2.24) is 10.2 Å². The minimum Gasteiger partial charge on any atom is -0.408 e. The van der Waals surface area contributed by atoms with E-state index in [2.05, 4.69) is 10.2 Å². The van der Waals surface area contributed by atoms with Gasteiger partial charge in [0.25, 0.3) is 0 Å². The van der Waals surface area contributed by atoms with Gasteiger partial charge in [-0.05, 0) is 0 Å². The predicted octanol–water partition coefficient (Wildman–Crippen LogP) is 0.950. The molecular formula is C10H18ClN3O3. The van der Waals surface area contributed by atoms with E-state index in [1.165, 1.54) is 0 Å². The van der Waals surface area contributed by atoms with Crippen molar-refractivity contribution in [2.24, 2.45) is 0 Å². The van der Waals surface area contributed by atoms with Crippen LogP contribution in [0.2, 0.25) is 0 Å². The van der Waals surface area contributed by atoms with Crippen LogP contribution in [0.4, 0.5) is 6.01 Å². The summed E-state index contributed by atoms with van der Waals surface area (Å²) in [6.07, 6.45) is 0.580. The van der Waals surface area contributed by atoms with E-state index in [9.17, 15) is 0 Å². The molecule has 1 rings (SSSR count). The zero-order chi connectivity index (χ0) is 12.5. The molecule has 0 amide bonds. The number of ether oxygens (including phenoxy) is 2. The topological polar surface area (TPSA) is 60.6 Å². The summed E-state index contributed by atoms with van der Waals surface area (Å²) in [7, 11) is 3.31. The molecule has 0 unspecified atom stereocenters. The number of methoxy groups -OCH3 is 2. The molecule has 0 saturated heterocycles. The van der Waals surface area contributed by atoms with Gasteiger partial charge in [-0.15, -0.1) is 16.7 Å². The number of aryl methyl sites for hydroxylation is 1. The molecule has 0 saturated carbocycles. The molecule has 1 aromatic heterocycles. The third-order valence-electron chi connectivity index (χ3n) is 2.17. The van der Waals surface area contributed by atoms with Crippen molar-refractivity contribution in [2.75, 3.05) is 51.3 Å². The number of hydrogen-bond donors (Lipinski definition) is 0. The van der Waals surface area contributed by atoms with Crippen molar-refractivity contribution < 1.29 is 13.9 Å². The molecule has 0 fully saturated rings. The van der Waals surface area contributed by atoms with E-state index in [1.807, 2.05) is 4.90 Å². The lowest BCUT2D eigenvalue weighted by molar-refractivity contribution is 0.188. The maximum absolute atomic E-state index is 5.61. The first-order chi connectivity index (χ1) is 8.31. The second-order valence-corrected chi connectivity index (χ2v) is 3.77. The van der Waals surface area contributed by atoms with E-state index >= 15 is 0 Å². The van der Waals surface area contributed by atoms with Gasteiger partial charge in [0.2, 0.25) is 5.89 Å². The summed E-state index contributed by atoms with van der Waals surface area (Å²) in [6.45, 7) is 2.55. The van der Waals surface area contributed by atoms with E-state index in [-0.39, 0.29) is 0 Å². The highest BCUT2D eigenvalue weighted by Gasteiger charge is 2.13. The highest BCUT2D eigenvalue weighted by molar-refractivity contribution is 6.17. The molecule has 0 aromatic carbocycles. The Morgan fingerprint density at radius 3 is 2.35 bits per heavy atom. The summed E-state index contributed by atoms with van der Waals surface area (Å²) in [5.41, 5.74) is 0. The molecule has 17 heavy (non-hydrogen) atoms. The normalized spacial score (nSPS) is 10.8. The van der Waals surface area contributed by atoms with Crippen LogP contribution >= 0.6 is 11.6 Å². The summed E-state index contributed by atoms with van der Waals surface area (Å²) in [5, 5.41) is 7.90. The fourth-order valence-corrected chi connectivity index (χ4v) is 1.42. The second kappa shape index (κ2) is 8.27. The minimum absolute atomic E-state index is 0.470. The van der Waals surface area contributed by atoms with Crippen molar-refractivity contribution in [3.63, 3.8) is 0 Å². The molecule has 0 atom stereocenters. The third-order valence-corrected chi connectivity index (χ3v) is 2.35. The fourth-order valence-electron chi connectivity index (χ4n) is 1.26. The standard InChI is InChI=1S/C10H18ClN3O3/c1-15-7-5-14(6-8-16-2)10-13-12-9(17-10)3-4-11/h3-8H2,1-2H3. The van der Waals surface area contributed by atoms with Gasteiger partial charge in [0.1, 0.15) is 0 Å². The van der Waals surface area contributed by atoms with Crippen LogP contribution in [0.5, 0.6) is 0 Å². The minimum atomic E-state index is 0.470. The molecular weight excluding hydrogens is 246 g/mol. The second-order valence-electron chi connectivity index (χ2n) is 3.39. The first-order valence-corrected chi connectivity index (χ1v) is 5.96. The molecule has 0 radical (unpaired) electrons. The quantitative estimate of drug-likeness (QED) is 0.618. The van der Waals surface area contributed by atoms with Crippen molar-refractivity contribution in [3.05, 3.63) is 5.89 Å². The molecule has 0 N–H and O–H groups in total. The van der Waals surface area contributed by atoms with Crippen molar-refractivity contribution >= 4 is 17.6 Å². The van der Waals surface area contributed by atoms with Crippen molar-refractivity contribution in [3.8, 4) is 0 Å². The van der Waals surface area contributed by atoms with Crippen molar-refractivity contribution in [1.29, 1.82) is 0 Å². The Balaban J connectivity index is 2.58. The Kier molecular flexibility index (Phi) is 6.91. The maximum atomic E-state index is 5.61. The van der Waals surface area contributed by atoms with Gasteiger partial charge in [-0.25, -0.2) is 0 Å². The van der Waals surface area contributed by atoms with Crippen LogP contribution in [-0.2, 0) is 15.9 Å². The zero-order valence-electron chi connectivity index (χ0n) is 10.2. The number of halogens is 1. The van der Waals surface area contributed by atoms with Crippen LogP contribution in [-0.4, -0.2) is 56.6 Å². The molecule has 0 aliphatic rings. The first kappa shape index (κ1) is 14.2. The molecule has 6 nitrogen and oxygen atoms in total. The number of anilines is 1. The van der Waals surface area contributed by atoms with E-state index in [0.29, 0.717) is 50.5 Å². The van der Waals surface area contributed by atoms with Crippen LogP contribution in [0, 0.1) is 0 Å². The van der Waals surface area contributed by atoms with Gasteiger partial charge >= 0.3 is 6.01 Å². The van der Waals surface area contributed by atoms with E-state index in [1.54, 1.807) is 14.2 Å². The van der Waals surface area contributed by atoms with E-state index in [4.69, 9.17) is 25.5 Å². The monoisotopic (exact) mass is 263 g/mol. The molecule has 1 heterocycles. The average molecular weight is 264 g/mol. The van der Waals surface area contributed by atoms with Gasteiger partial charge in [-0.3, -0.25) is 0 Å². The van der Waals surface area contributed by atoms with Gasteiger partial charge < -0.3 is 18.8 Å². The van der Waals surface area contributed by atoms with E-state index < -0.39 is 0 Å². The van der Waals surface area contributed by atoms with Gasteiger partial charge in [-0.1, -0.05) is 5.10 Å². The molecule has 7 heteroatoms. The number of rotatable bonds is 9. The van der Waals surface area contributed by atoms with Crippen LogP contribution in [0.15, 0.2) is 4.42 Å². The first-order valence-electron chi connectivity index (χ1n) is 5.43. The summed E-state index contributed by atoms with van der Waals surface area (Å²) in [5.74, 6) is 1.02. The number of nitrogens with zero attached hydrogens (tertiary/aromatic N) is 3. The van der Waals surface area contributed by atoms with Crippen LogP contribution in [0.1, 0.15) is 5.89 Å². The third kappa shape index (κ3) is 4.89. The highest BCUT2D eigenvalue weighted by atomic mass is 35.5. The van der Waals surface area contributed by atoms with Crippen LogP contribution in [0.25, 0.3) is 0 Å². The number of aromatic nitrogens is 2. The predicted molar refractivity (Wildman–Crippen MR) is 64.7 cm³/mol. The smallest absolute Gasteiger partial charge is 0.318 e. The Labute approximate surface area is 106 Å². The lowest BCUT2D eigenvalue weighted by Crippen LogP contribution is -2.30. The summed E-state index contributed by atoms with van der Waals surface area (Å²) in [4.78, 5) is 1.93. The number of hydrogen-bond acceptors (Lipinski definition) is 6. The van der Waals surface area contributed by atoms with Gasteiger partial charge in [0.15, 0.2) is 0 Å². The van der Waals surface area contributed by atoms with E-state index in [0.717, 1.165) is 0 Å². The van der Waals surface area contributed by atoms with Crippen LogP contribution < -0.4 is 4.90 Å². The molecule has 0 spiro atoms. The molecule has 0 bridgehead atoms. The molecule has 0 aliphatic carbocycles. The zero-order valence-corrected chi connectivity index (χ0v) is 10.9. The van der Waals surface area contributed by atoms with Crippen molar-refractivity contribution in [2.45, 2.75) is 6.42 Å². The van der Waals surface area contributed by atoms with Gasteiger partial charge in [0.05, 0.1) is 13.2 Å². The Bertz CT molecular complexity index is 301. The van der Waals surface area contributed by atoms with Gasteiger partial charge in [-0.2, -0.15) is 0 Å². The maximum Gasteiger partial charge on any atom is 0.318 e. The summed E-state index contributed by atoms with van der Waals surface area (Å²) in [6, 6.07) is 0.485. The average Bonchev–Trinajstić information content (AvgIpc) is 2.78. The Hall–Kier alpha value is -0.850. The number of alkyl halides is 1. The fraction of sp³-hybridized carbons (Fsp3) is 0.800. The molecule has 98 valence electrons. The van der Waals surface area contributed by atoms with Crippen LogP contribution in [0.3, 0.4) is 0 Å². The summed E-state index contributed by atoms with van der Waals surface area (Å²) >= 11 is 5.61. The van der Waals surface area contributed by atoms with Gasteiger partial charge in [0, 0.05) is 39.6 Å².